The maximum absolute atomic E-state index is 11.6. The van der Waals surface area contributed by atoms with Crippen molar-refractivity contribution >= 4 is 23.5 Å². The highest BCUT2D eigenvalue weighted by atomic mass is 32.2. The van der Waals surface area contributed by atoms with Crippen molar-refractivity contribution in [3.8, 4) is 0 Å². The molecule has 2 N–H and O–H groups in total. The maximum Gasteiger partial charge on any atom is 0.0960 e. The van der Waals surface area contributed by atoms with Crippen molar-refractivity contribution in [2.75, 3.05) is 11.5 Å². The third kappa shape index (κ3) is 3.88. The van der Waals surface area contributed by atoms with E-state index >= 15 is 0 Å². The average molecular weight is 461 g/mol. The molecular weight excluding hydrogens is 424 g/mol. The summed E-state index contributed by atoms with van der Waals surface area (Å²) in [6.07, 6.45) is 15.1. The van der Waals surface area contributed by atoms with Crippen LogP contribution in [0.2, 0.25) is 0 Å². The number of hydrogen-bond donors (Lipinski definition) is 2. The number of rotatable bonds is 3. The monoisotopic (exact) mass is 460 g/mol. The van der Waals surface area contributed by atoms with Crippen LogP contribution in [-0.2, 0) is 0 Å². The third-order valence-corrected chi connectivity index (χ3v) is 11.5. The van der Waals surface area contributed by atoms with Gasteiger partial charge in [0.2, 0.25) is 0 Å². The fraction of sp³-hybridized carbons (Fsp3) is 0.692. The zero-order chi connectivity index (χ0) is 21.6. The predicted octanol–water partition coefficient (Wildman–Crippen LogP) is 6.55. The van der Waals surface area contributed by atoms with E-state index in [0.717, 1.165) is 44.1 Å². The van der Waals surface area contributed by atoms with Gasteiger partial charge in [-0.3, -0.25) is 0 Å². The molecule has 0 amide bonds. The molecule has 3 fully saturated rings. The Morgan fingerprint density at radius 1 is 1.19 bits per heavy atom. The van der Waals surface area contributed by atoms with Crippen LogP contribution in [0.1, 0.15) is 70.5 Å². The maximum atomic E-state index is 11.6. The highest BCUT2D eigenvalue weighted by Gasteiger charge is 2.56. The molecule has 1 aliphatic heterocycles. The molecule has 5 rings (SSSR count). The normalized spacial score (nSPS) is 41.7. The van der Waals surface area contributed by atoms with Crippen LogP contribution in [-0.4, -0.2) is 27.8 Å². The van der Waals surface area contributed by atoms with Gasteiger partial charge in [-0.15, -0.1) is 23.5 Å². The molecule has 3 nitrogen and oxygen atoms in total. The van der Waals surface area contributed by atoms with Crippen LogP contribution in [0.25, 0.3) is 0 Å². The van der Waals surface area contributed by atoms with Crippen molar-refractivity contribution in [1.82, 2.24) is 0 Å². The average Bonchev–Trinajstić information content (AvgIpc) is 3.31. The lowest BCUT2D eigenvalue weighted by molar-refractivity contribution is -0.0897. The molecule has 5 heteroatoms. The second-order valence-electron chi connectivity index (χ2n) is 10.6. The second-order valence-corrected chi connectivity index (χ2v) is 13.1. The Balaban J connectivity index is 1.53. The zero-order valence-corrected chi connectivity index (χ0v) is 20.4. The van der Waals surface area contributed by atoms with Crippen molar-refractivity contribution < 1.29 is 14.6 Å². The fourth-order valence-electron chi connectivity index (χ4n) is 7.06. The van der Waals surface area contributed by atoms with Crippen molar-refractivity contribution in [3.05, 3.63) is 46.1 Å². The Hall–Kier alpha value is -0.620. The molecule has 1 unspecified atom stereocenters. The van der Waals surface area contributed by atoms with Crippen molar-refractivity contribution in [3.63, 3.8) is 0 Å². The molecule has 0 bridgehead atoms. The Morgan fingerprint density at radius 3 is 2.74 bits per heavy atom. The molecule has 0 radical (unpaired) electrons. The topological polar surface area (TPSA) is 53.6 Å². The molecule has 31 heavy (non-hydrogen) atoms. The Morgan fingerprint density at radius 2 is 2.00 bits per heavy atom. The number of hydrogen-bond acceptors (Lipinski definition) is 5. The van der Waals surface area contributed by atoms with E-state index in [-0.39, 0.29) is 16.9 Å². The van der Waals surface area contributed by atoms with Gasteiger partial charge >= 0.3 is 0 Å². The minimum Gasteiger partial charge on any atom is -0.472 e. The van der Waals surface area contributed by atoms with Gasteiger partial charge < -0.3 is 14.6 Å². The summed E-state index contributed by atoms with van der Waals surface area (Å²) in [6, 6.07) is 1.93. The van der Waals surface area contributed by atoms with Crippen molar-refractivity contribution in [2.24, 2.45) is 28.6 Å². The summed E-state index contributed by atoms with van der Waals surface area (Å²) in [5, 5.41) is 21.9. The summed E-state index contributed by atoms with van der Waals surface area (Å²) in [7, 11) is 0. The lowest BCUT2D eigenvalue weighted by Crippen LogP contribution is -2.51. The third-order valence-electron chi connectivity index (χ3n) is 8.95. The number of aliphatic hydroxyl groups excluding tert-OH is 2. The zero-order valence-electron chi connectivity index (χ0n) is 18.8. The van der Waals surface area contributed by atoms with Gasteiger partial charge in [0, 0.05) is 15.2 Å². The molecule has 170 valence electrons. The van der Waals surface area contributed by atoms with Crippen LogP contribution in [0.15, 0.2) is 45.0 Å². The first-order valence-electron chi connectivity index (χ1n) is 12.0. The summed E-state index contributed by atoms with van der Waals surface area (Å²) in [5.74, 6) is 3.93. The van der Waals surface area contributed by atoms with Gasteiger partial charge in [0.25, 0.3) is 0 Å². The molecule has 1 aromatic rings. The first kappa shape index (κ1) is 22.2. The van der Waals surface area contributed by atoms with Gasteiger partial charge in [0.05, 0.1) is 24.7 Å². The number of aliphatic hydroxyl groups is 2. The molecule has 1 aromatic heterocycles. The van der Waals surface area contributed by atoms with E-state index in [0.29, 0.717) is 17.8 Å². The standard InChI is InChI=1S/C26H36O3S2/c1-25-9-6-19(27)14-18(25)4-5-20-21(25)7-10-26(2,24(28)17-8-11-29-16-17)22(20)15-23-30-12-3-13-31-23/h4,8,11,15-16,19-22,24,27-28H,3,5-7,9-10,12-14H2,1-2H3/t19-,20+,21-,22-,24?,25-,26-/m0/s1. The molecule has 4 aliphatic rings. The van der Waals surface area contributed by atoms with E-state index in [2.05, 4.69) is 26.0 Å². The SMILES string of the molecule is C[C@]12CC[C@H](O)CC1=CC[C@@H]1[C@@H]2CC[C@](C)(C(O)c2ccoc2)[C@H]1C=C1SCCCS1. The van der Waals surface area contributed by atoms with Gasteiger partial charge in [-0.05, 0) is 85.7 Å². The molecule has 2 heterocycles. The molecule has 7 atom stereocenters. The summed E-state index contributed by atoms with van der Waals surface area (Å²) in [6.45, 7) is 4.78. The highest BCUT2D eigenvalue weighted by Crippen LogP contribution is 2.64. The van der Waals surface area contributed by atoms with Gasteiger partial charge in [0.1, 0.15) is 0 Å². The smallest absolute Gasteiger partial charge is 0.0960 e. The lowest BCUT2D eigenvalue weighted by Gasteiger charge is -2.59. The number of fused-ring (bicyclic) bond motifs is 3. The first-order valence-corrected chi connectivity index (χ1v) is 13.9. The van der Waals surface area contributed by atoms with E-state index in [9.17, 15) is 10.2 Å². The summed E-state index contributed by atoms with van der Waals surface area (Å²) < 4.78 is 6.80. The van der Waals surface area contributed by atoms with Crippen LogP contribution in [0, 0.1) is 28.6 Å². The van der Waals surface area contributed by atoms with Crippen LogP contribution in [0.5, 0.6) is 0 Å². The number of allylic oxidation sites excluding steroid dienone is 2. The van der Waals surface area contributed by atoms with Gasteiger partial charge in [0.15, 0.2) is 0 Å². The lowest BCUT2D eigenvalue weighted by atomic mass is 9.46. The quantitative estimate of drug-likeness (QED) is 0.501. The van der Waals surface area contributed by atoms with E-state index in [4.69, 9.17) is 4.42 Å². The molecule has 3 aliphatic carbocycles. The van der Waals surface area contributed by atoms with Crippen LogP contribution < -0.4 is 0 Å². The summed E-state index contributed by atoms with van der Waals surface area (Å²) in [5.41, 5.74) is 2.41. The fourth-order valence-corrected chi connectivity index (χ4v) is 9.54. The summed E-state index contributed by atoms with van der Waals surface area (Å²) in [4.78, 5) is 0. The molecule has 0 aromatic carbocycles. The van der Waals surface area contributed by atoms with E-state index in [1.807, 2.05) is 29.6 Å². The predicted molar refractivity (Wildman–Crippen MR) is 130 cm³/mol. The number of furan rings is 1. The Kier molecular flexibility index (Phi) is 6.17. The minimum atomic E-state index is -0.515. The summed E-state index contributed by atoms with van der Waals surface area (Å²) >= 11 is 4.01. The van der Waals surface area contributed by atoms with Crippen LogP contribution in [0.4, 0.5) is 0 Å². The van der Waals surface area contributed by atoms with Gasteiger partial charge in [-0.25, -0.2) is 0 Å². The minimum absolute atomic E-state index is 0.166. The van der Waals surface area contributed by atoms with E-state index < -0.39 is 6.10 Å². The molecule has 0 spiro atoms. The van der Waals surface area contributed by atoms with E-state index in [1.54, 1.807) is 12.5 Å². The van der Waals surface area contributed by atoms with Crippen molar-refractivity contribution in [2.45, 2.75) is 71.0 Å². The highest BCUT2D eigenvalue weighted by molar-refractivity contribution is 8.22. The largest absolute Gasteiger partial charge is 0.472 e. The van der Waals surface area contributed by atoms with Crippen LogP contribution >= 0.6 is 23.5 Å². The van der Waals surface area contributed by atoms with Crippen molar-refractivity contribution in [1.29, 1.82) is 0 Å². The van der Waals surface area contributed by atoms with Gasteiger partial charge in [-0.2, -0.15) is 0 Å². The van der Waals surface area contributed by atoms with Crippen LogP contribution in [0.3, 0.4) is 0 Å². The Labute approximate surface area is 195 Å². The first-order chi connectivity index (χ1) is 14.9. The molecule has 1 saturated heterocycles. The Bertz CT molecular complexity index is 839. The molecule has 2 saturated carbocycles. The second kappa shape index (κ2) is 8.62. The van der Waals surface area contributed by atoms with E-state index in [1.165, 1.54) is 27.7 Å². The number of thioether (sulfide) groups is 2. The van der Waals surface area contributed by atoms with Gasteiger partial charge in [-0.1, -0.05) is 31.6 Å². The molecular formula is C26H36O3S2.